The van der Waals surface area contributed by atoms with Crippen LogP contribution in [0.2, 0.25) is 0 Å². The highest BCUT2D eigenvalue weighted by atomic mass is 14.6. The molecule has 0 spiro atoms. The molecule has 0 saturated carbocycles. The van der Waals surface area contributed by atoms with Gasteiger partial charge < -0.3 is 0 Å². The first-order valence-corrected chi connectivity index (χ1v) is 6.65. The van der Waals surface area contributed by atoms with Gasteiger partial charge in [-0.15, -0.1) is 0 Å². The zero-order valence-electron chi connectivity index (χ0n) is 11.5. The van der Waals surface area contributed by atoms with E-state index in [1.54, 1.807) is 0 Å². The van der Waals surface area contributed by atoms with Gasteiger partial charge in [0.25, 0.3) is 0 Å². The van der Waals surface area contributed by atoms with Gasteiger partial charge in [-0.1, -0.05) is 51.5 Å². The molecule has 1 heterocycles. The van der Waals surface area contributed by atoms with E-state index in [0.717, 1.165) is 0 Å². The van der Waals surface area contributed by atoms with Crippen LogP contribution in [0.4, 0.5) is 0 Å². The topological polar surface area (TPSA) is 12.9 Å². The molecule has 0 saturated heterocycles. The molecule has 0 bridgehead atoms. The van der Waals surface area contributed by atoms with E-state index in [1.807, 2.05) is 12.4 Å². The second-order valence-electron chi connectivity index (χ2n) is 5.42. The molecule has 94 valence electrons. The van der Waals surface area contributed by atoms with Crippen molar-refractivity contribution in [1.82, 2.24) is 4.98 Å². The fourth-order valence-electron chi connectivity index (χ4n) is 2.62. The summed E-state index contributed by atoms with van der Waals surface area (Å²) < 4.78 is 0. The van der Waals surface area contributed by atoms with Gasteiger partial charge in [-0.2, -0.15) is 0 Å². The van der Waals surface area contributed by atoms with Crippen molar-refractivity contribution in [3.05, 3.63) is 54.4 Å². The van der Waals surface area contributed by atoms with Crippen molar-refractivity contribution in [2.24, 2.45) is 0 Å². The van der Waals surface area contributed by atoms with E-state index in [4.69, 9.17) is 0 Å². The average molecular weight is 239 g/mol. The maximum atomic E-state index is 4.10. The predicted molar refractivity (Wildman–Crippen MR) is 77.6 cm³/mol. The average Bonchev–Trinajstić information content (AvgIpc) is 2.40. The quantitative estimate of drug-likeness (QED) is 0.745. The van der Waals surface area contributed by atoms with Crippen molar-refractivity contribution >= 4 is 0 Å². The predicted octanol–water partition coefficient (Wildman–Crippen LogP) is 4.83. The van der Waals surface area contributed by atoms with Gasteiger partial charge in [0.2, 0.25) is 0 Å². The maximum absolute atomic E-state index is 4.10. The van der Waals surface area contributed by atoms with E-state index >= 15 is 0 Å². The third-order valence-corrected chi connectivity index (χ3v) is 3.52. The van der Waals surface area contributed by atoms with Gasteiger partial charge in [-0.05, 0) is 40.7 Å². The second kappa shape index (κ2) is 5.34. The van der Waals surface area contributed by atoms with Gasteiger partial charge >= 0.3 is 0 Å². The number of hydrogen-bond acceptors (Lipinski definition) is 1. The van der Waals surface area contributed by atoms with Gasteiger partial charge in [-0.3, -0.25) is 4.98 Å². The second-order valence-corrected chi connectivity index (χ2v) is 5.42. The van der Waals surface area contributed by atoms with Crippen LogP contribution in [0.25, 0.3) is 11.1 Å². The van der Waals surface area contributed by atoms with Crippen molar-refractivity contribution in [1.29, 1.82) is 0 Å². The number of benzene rings is 1. The summed E-state index contributed by atoms with van der Waals surface area (Å²) in [5.74, 6) is 0. The first-order valence-electron chi connectivity index (χ1n) is 6.65. The largest absolute Gasteiger partial charge is 0.265 e. The van der Waals surface area contributed by atoms with Crippen molar-refractivity contribution in [2.45, 2.75) is 39.0 Å². The highest BCUT2D eigenvalue weighted by molar-refractivity contribution is 5.68. The van der Waals surface area contributed by atoms with Gasteiger partial charge in [-0.25, -0.2) is 0 Å². The van der Waals surface area contributed by atoms with Crippen LogP contribution in [0.15, 0.2) is 48.8 Å². The summed E-state index contributed by atoms with van der Waals surface area (Å²) in [6, 6.07) is 12.9. The first-order chi connectivity index (χ1) is 8.65. The molecular weight excluding hydrogens is 218 g/mol. The summed E-state index contributed by atoms with van der Waals surface area (Å²) in [7, 11) is 0. The lowest BCUT2D eigenvalue weighted by molar-refractivity contribution is 0.474. The molecular formula is C17H21N. The Hall–Kier alpha value is -1.63. The molecule has 0 amide bonds. The van der Waals surface area contributed by atoms with Crippen LogP contribution < -0.4 is 0 Å². The smallest absolute Gasteiger partial charge is 0.0273 e. The minimum atomic E-state index is 0.217. The minimum absolute atomic E-state index is 0.217. The molecule has 0 unspecified atom stereocenters. The lowest BCUT2D eigenvalue weighted by Crippen LogP contribution is -2.17. The highest BCUT2D eigenvalue weighted by Gasteiger charge is 2.22. The molecule has 1 nitrogen and oxygen atoms in total. The van der Waals surface area contributed by atoms with Crippen LogP contribution in [-0.2, 0) is 5.41 Å². The van der Waals surface area contributed by atoms with Crippen LogP contribution in [0.1, 0.15) is 39.2 Å². The fraction of sp³-hybridized carbons (Fsp3) is 0.353. The monoisotopic (exact) mass is 239 g/mol. The number of hydrogen-bond donors (Lipinski definition) is 0. The van der Waals surface area contributed by atoms with Crippen LogP contribution in [0.3, 0.4) is 0 Å². The summed E-state index contributed by atoms with van der Waals surface area (Å²) in [5, 5.41) is 0. The van der Waals surface area contributed by atoms with Crippen LogP contribution in [0.5, 0.6) is 0 Å². The lowest BCUT2D eigenvalue weighted by atomic mass is 9.77. The third-order valence-electron chi connectivity index (χ3n) is 3.52. The number of nitrogens with zero attached hydrogens (tertiary/aromatic N) is 1. The van der Waals surface area contributed by atoms with E-state index < -0.39 is 0 Å². The van der Waals surface area contributed by atoms with Crippen molar-refractivity contribution < 1.29 is 0 Å². The highest BCUT2D eigenvalue weighted by Crippen LogP contribution is 2.35. The lowest BCUT2D eigenvalue weighted by Gasteiger charge is -2.27. The van der Waals surface area contributed by atoms with Gasteiger partial charge in [0.1, 0.15) is 0 Å². The number of rotatable bonds is 4. The van der Waals surface area contributed by atoms with Crippen molar-refractivity contribution in [3.63, 3.8) is 0 Å². The molecule has 0 aliphatic rings. The molecule has 0 radical (unpaired) electrons. The Kier molecular flexibility index (Phi) is 3.81. The van der Waals surface area contributed by atoms with Crippen LogP contribution in [0, 0.1) is 0 Å². The summed E-state index contributed by atoms with van der Waals surface area (Å²) in [5.41, 5.74) is 4.23. The molecule has 2 rings (SSSR count). The molecule has 0 aliphatic heterocycles. The van der Waals surface area contributed by atoms with Gasteiger partial charge in [0.05, 0.1) is 0 Å². The number of pyridine rings is 1. The standard InChI is InChI=1S/C17H21N/c1-4-11-17(2,3)16-8-6-5-7-15(16)14-9-12-18-13-10-14/h5-10,12-13H,4,11H2,1-3H3. The number of aromatic nitrogens is 1. The summed E-state index contributed by atoms with van der Waals surface area (Å²) in [6.07, 6.45) is 6.13. The fourth-order valence-corrected chi connectivity index (χ4v) is 2.62. The summed E-state index contributed by atoms with van der Waals surface area (Å²) >= 11 is 0. The Morgan fingerprint density at radius 2 is 1.67 bits per heavy atom. The Morgan fingerprint density at radius 3 is 2.33 bits per heavy atom. The minimum Gasteiger partial charge on any atom is -0.265 e. The Morgan fingerprint density at radius 1 is 1.00 bits per heavy atom. The molecule has 1 aromatic heterocycles. The zero-order chi connectivity index (χ0) is 13.0. The zero-order valence-corrected chi connectivity index (χ0v) is 11.5. The molecule has 0 fully saturated rings. The SMILES string of the molecule is CCCC(C)(C)c1ccccc1-c1ccncc1. The van der Waals surface area contributed by atoms with Gasteiger partial charge in [0, 0.05) is 12.4 Å². The first kappa shape index (κ1) is 12.8. The molecule has 18 heavy (non-hydrogen) atoms. The van der Waals surface area contributed by atoms with E-state index in [0.29, 0.717) is 0 Å². The Labute approximate surface area is 110 Å². The molecule has 1 heteroatoms. The van der Waals surface area contributed by atoms with E-state index in [1.165, 1.54) is 29.5 Å². The molecule has 0 atom stereocenters. The Balaban J connectivity index is 2.50. The van der Waals surface area contributed by atoms with Crippen molar-refractivity contribution in [3.8, 4) is 11.1 Å². The molecule has 0 aliphatic carbocycles. The van der Waals surface area contributed by atoms with E-state index in [9.17, 15) is 0 Å². The third kappa shape index (κ3) is 2.61. The van der Waals surface area contributed by atoms with Crippen LogP contribution >= 0.6 is 0 Å². The summed E-state index contributed by atoms with van der Waals surface area (Å²) in [6.45, 7) is 6.91. The van der Waals surface area contributed by atoms with E-state index in [2.05, 4.69) is 62.2 Å². The van der Waals surface area contributed by atoms with Gasteiger partial charge in [0.15, 0.2) is 0 Å². The molecule has 0 N–H and O–H groups in total. The van der Waals surface area contributed by atoms with E-state index in [-0.39, 0.29) is 5.41 Å². The molecule has 2 aromatic rings. The maximum Gasteiger partial charge on any atom is 0.0273 e. The Bertz CT molecular complexity index is 500. The van der Waals surface area contributed by atoms with Crippen LogP contribution in [-0.4, -0.2) is 4.98 Å². The normalized spacial score (nSPS) is 11.5. The summed E-state index contributed by atoms with van der Waals surface area (Å²) in [4.78, 5) is 4.10. The molecule has 1 aromatic carbocycles. The van der Waals surface area contributed by atoms with Crippen molar-refractivity contribution in [2.75, 3.05) is 0 Å².